The first-order valence-electron chi connectivity index (χ1n) is 14.8. The first kappa shape index (κ1) is 29.7. The summed E-state index contributed by atoms with van der Waals surface area (Å²) >= 11 is 0. The molecule has 0 unspecified atom stereocenters. The molecule has 0 bridgehead atoms. The van der Waals surface area contributed by atoms with Gasteiger partial charge in [-0.1, -0.05) is 13.0 Å². The molecule has 0 spiro atoms. The molecule has 0 saturated heterocycles. The predicted octanol–water partition coefficient (Wildman–Crippen LogP) is 5.88. The average molecular weight is 598 g/mol. The van der Waals surface area contributed by atoms with Crippen LogP contribution in [0.5, 0.6) is 11.5 Å². The molecule has 2 atom stereocenters. The molecule has 228 valence electrons. The van der Waals surface area contributed by atoms with Crippen LogP contribution in [0, 0.1) is 11.2 Å². The molecule has 1 fully saturated rings. The second-order valence-electron chi connectivity index (χ2n) is 12.8. The molecular formula is C35H36FN3O5. The van der Waals surface area contributed by atoms with E-state index in [-0.39, 0.29) is 36.6 Å². The van der Waals surface area contributed by atoms with E-state index >= 15 is 0 Å². The Morgan fingerprint density at radius 3 is 2.59 bits per heavy atom. The van der Waals surface area contributed by atoms with Gasteiger partial charge in [0.15, 0.2) is 5.78 Å². The van der Waals surface area contributed by atoms with E-state index in [1.54, 1.807) is 49.5 Å². The first-order valence-corrected chi connectivity index (χ1v) is 14.8. The monoisotopic (exact) mass is 597 g/mol. The second kappa shape index (κ2) is 11.0. The maximum atomic E-state index is 13.8. The smallest absolute Gasteiger partial charge is 0.234 e. The van der Waals surface area contributed by atoms with E-state index in [9.17, 15) is 19.1 Å². The van der Waals surface area contributed by atoms with Gasteiger partial charge in [0.25, 0.3) is 0 Å². The highest BCUT2D eigenvalue weighted by Gasteiger charge is 2.47. The molecule has 1 amide bonds. The fraction of sp³-hybridized carbons (Fsp3) is 0.371. The van der Waals surface area contributed by atoms with Gasteiger partial charge < -0.3 is 19.9 Å². The summed E-state index contributed by atoms with van der Waals surface area (Å²) in [5.74, 6) is 0.193. The van der Waals surface area contributed by atoms with Crippen molar-refractivity contribution in [1.29, 1.82) is 0 Å². The van der Waals surface area contributed by atoms with Crippen molar-refractivity contribution in [3.05, 3.63) is 83.4 Å². The van der Waals surface area contributed by atoms with Gasteiger partial charge in [-0.05, 0) is 87.1 Å². The number of rotatable bonds is 10. The number of carbonyl (C=O) groups excluding carboxylic acids is 2. The minimum absolute atomic E-state index is 0.0272. The summed E-state index contributed by atoms with van der Waals surface area (Å²) in [6.07, 6.45) is 3.91. The number of methoxy groups -OCH3 is 1. The number of nitrogens with zero attached hydrogens (tertiary/aromatic N) is 2. The Balaban J connectivity index is 1.32. The quantitative estimate of drug-likeness (QED) is 0.220. The number of ketones is 1. The molecule has 9 heteroatoms. The van der Waals surface area contributed by atoms with Crippen LogP contribution in [-0.2, 0) is 15.8 Å². The number of hydrogen-bond acceptors (Lipinski definition) is 7. The number of benzene rings is 2. The number of amides is 1. The maximum Gasteiger partial charge on any atom is 0.234 e. The van der Waals surface area contributed by atoms with Gasteiger partial charge in [0.1, 0.15) is 46.1 Å². The predicted molar refractivity (Wildman–Crippen MR) is 164 cm³/mol. The molecule has 2 aliphatic rings. The number of hydrogen-bond donors (Lipinski definition) is 2. The van der Waals surface area contributed by atoms with E-state index in [0.717, 1.165) is 18.2 Å². The number of pyridine rings is 2. The highest BCUT2D eigenvalue weighted by Crippen LogP contribution is 2.47. The number of aromatic nitrogens is 2. The fourth-order valence-corrected chi connectivity index (χ4v) is 5.63. The lowest BCUT2D eigenvalue weighted by atomic mass is 9.81. The molecule has 2 aromatic heterocycles. The van der Waals surface area contributed by atoms with Gasteiger partial charge in [-0.25, -0.2) is 9.37 Å². The number of ether oxygens (including phenoxy) is 2. The Morgan fingerprint density at radius 2 is 1.89 bits per heavy atom. The number of aliphatic hydroxyl groups is 1. The van der Waals surface area contributed by atoms with E-state index in [4.69, 9.17) is 14.5 Å². The summed E-state index contributed by atoms with van der Waals surface area (Å²) in [4.78, 5) is 36.1. The van der Waals surface area contributed by atoms with Crippen LogP contribution in [0.2, 0.25) is 0 Å². The summed E-state index contributed by atoms with van der Waals surface area (Å²) in [6, 6.07) is 14.6. The van der Waals surface area contributed by atoms with Crippen LogP contribution in [-0.4, -0.2) is 47.0 Å². The van der Waals surface area contributed by atoms with Gasteiger partial charge >= 0.3 is 0 Å². The Bertz CT molecular complexity index is 1770. The van der Waals surface area contributed by atoms with Crippen molar-refractivity contribution in [3.63, 3.8) is 0 Å². The van der Waals surface area contributed by atoms with Crippen LogP contribution in [0.1, 0.15) is 68.1 Å². The Labute approximate surface area is 255 Å². The number of fused-ring (bicyclic) bond motifs is 2. The zero-order chi connectivity index (χ0) is 31.3. The Morgan fingerprint density at radius 1 is 1.14 bits per heavy atom. The number of Topliss-reactive ketones (excluding diaryl/α,β-unsaturated/α-hetero) is 1. The summed E-state index contributed by atoms with van der Waals surface area (Å²) < 4.78 is 25.4. The van der Waals surface area contributed by atoms with Crippen molar-refractivity contribution in [1.82, 2.24) is 15.3 Å². The largest absolute Gasteiger partial charge is 0.494 e. The average Bonchev–Trinajstić information content (AvgIpc) is 3.67. The van der Waals surface area contributed by atoms with Gasteiger partial charge in [0.2, 0.25) is 5.91 Å². The number of nitrogens with one attached hydrogen (secondary N) is 1. The summed E-state index contributed by atoms with van der Waals surface area (Å²) in [7, 11) is 1.53. The third kappa shape index (κ3) is 5.52. The van der Waals surface area contributed by atoms with Crippen molar-refractivity contribution >= 4 is 22.6 Å². The third-order valence-corrected chi connectivity index (χ3v) is 9.07. The lowest BCUT2D eigenvalue weighted by molar-refractivity contribution is -0.126. The van der Waals surface area contributed by atoms with Crippen molar-refractivity contribution in [2.75, 3.05) is 20.3 Å². The molecule has 2 aromatic carbocycles. The molecule has 0 radical (unpaired) electrons. The SMILES string of the molecule is COc1cc(C(=O)CC[C@](C)(O)c2cc3c(c(-c4ccc(F)cc4)n2)OC[C@]3(C)C(=O)NCC2(C)CC2)cc2cccnc12. The van der Waals surface area contributed by atoms with Gasteiger partial charge in [-0.15, -0.1) is 0 Å². The number of halogens is 1. The molecule has 1 saturated carbocycles. The van der Waals surface area contributed by atoms with Crippen LogP contribution in [0.15, 0.2) is 60.8 Å². The molecule has 2 N–H and O–H groups in total. The summed E-state index contributed by atoms with van der Waals surface area (Å²) in [5.41, 5.74) is 0.548. The van der Waals surface area contributed by atoms with E-state index in [1.807, 2.05) is 13.0 Å². The molecule has 1 aliphatic heterocycles. The molecule has 3 heterocycles. The summed E-state index contributed by atoms with van der Waals surface area (Å²) in [6.45, 7) is 6.25. The standard InChI is InChI=1S/C35H36FN3O5/c1-33(13-14-33)19-38-32(41)34(2)20-44-31-25(34)18-28(39-30(31)21-7-9-24(36)10-8-21)35(3,42)12-11-26(40)23-16-22-6-5-15-37-29(22)27(17-23)43-4/h5-10,15-18,42H,11-14,19-20H2,1-4H3,(H,38,41)/t34-,35-/m0/s1. The maximum absolute atomic E-state index is 13.8. The zero-order valence-electron chi connectivity index (χ0n) is 25.4. The lowest BCUT2D eigenvalue weighted by Crippen LogP contribution is -2.45. The Kier molecular flexibility index (Phi) is 7.40. The van der Waals surface area contributed by atoms with Gasteiger partial charge in [-0.2, -0.15) is 0 Å². The van der Waals surface area contributed by atoms with E-state index in [0.29, 0.717) is 51.6 Å². The number of carbonyl (C=O) groups is 2. The van der Waals surface area contributed by atoms with Crippen molar-refractivity contribution in [2.24, 2.45) is 5.41 Å². The molecule has 6 rings (SSSR count). The normalized spacial score (nSPS) is 19.5. The second-order valence-corrected chi connectivity index (χ2v) is 12.8. The zero-order valence-corrected chi connectivity index (χ0v) is 25.4. The molecule has 4 aromatic rings. The van der Waals surface area contributed by atoms with E-state index in [2.05, 4.69) is 17.2 Å². The third-order valence-electron chi connectivity index (χ3n) is 9.07. The minimum Gasteiger partial charge on any atom is -0.494 e. The van der Waals surface area contributed by atoms with Crippen molar-refractivity contribution < 1.29 is 28.6 Å². The molecular weight excluding hydrogens is 561 g/mol. The highest BCUT2D eigenvalue weighted by atomic mass is 19.1. The minimum atomic E-state index is -1.54. The molecule has 1 aliphatic carbocycles. The molecule has 8 nitrogen and oxygen atoms in total. The van der Waals surface area contributed by atoms with Crippen LogP contribution >= 0.6 is 0 Å². The van der Waals surface area contributed by atoms with Crippen LogP contribution in [0.4, 0.5) is 4.39 Å². The van der Waals surface area contributed by atoms with E-state index < -0.39 is 16.8 Å². The van der Waals surface area contributed by atoms with Crippen LogP contribution in [0.25, 0.3) is 22.2 Å². The first-order chi connectivity index (χ1) is 20.9. The lowest BCUT2D eigenvalue weighted by Gasteiger charge is -2.27. The van der Waals surface area contributed by atoms with Gasteiger partial charge in [-0.3, -0.25) is 14.6 Å². The molecule has 44 heavy (non-hydrogen) atoms. The summed E-state index contributed by atoms with van der Waals surface area (Å²) in [5, 5.41) is 15.7. The fourth-order valence-electron chi connectivity index (χ4n) is 5.63. The van der Waals surface area contributed by atoms with E-state index in [1.165, 1.54) is 19.2 Å². The van der Waals surface area contributed by atoms with Crippen LogP contribution < -0.4 is 14.8 Å². The van der Waals surface area contributed by atoms with Crippen molar-refractivity contribution in [2.45, 2.75) is 57.5 Å². The van der Waals surface area contributed by atoms with Gasteiger partial charge in [0.05, 0.1) is 12.8 Å². The Hall–Kier alpha value is -4.37. The highest BCUT2D eigenvalue weighted by molar-refractivity contribution is 6.01. The van der Waals surface area contributed by atoms with Crippen LogP contribution in [0.3, 0.4) is 0 Å². The van der Waals surface area contributed by atoms with Crippen molar-refractivity contribution in [3.8, 4) is 22.8 Å². The van der Waals surface area contributed by atoms with Gasteiger partial charge in [0, 0.05) is 41.2 Å². The topological polar surface area (TPSA) is 111 Å².